The molecule has 3 heteroatoms. The fourth-order valence-electron chi connectivity index (χ4n) is 2.18. The van der Waals surface area contributed by atoms with Gasteiger partial charge in [0.15, 0.2) is 0 Å². The van der Waals surface area contributed by atoms with Crippen LogP contribution in [0.4, 0.5) is 0 Å². The number of hydrogen-bond donors (Lipinski definition) is 0. The number of ketones is 1. The standard InChI is InChI=1S/C12H20O3/c1-4-12(14)15-11-7-8(2)5-6-10(11)9(3)13/h8,10-11H,4-7H2,1-3H3/t8-,10+,11-/m1/s1. The number of rotatable bonds is 3. The van der Waals surface area contributed by atoms with E-state index in [0.29, 0.717) is 12.3 Å². The zero-order chi connectivity index (χ0) is 11.4. The number of ether oxygens (including phenoxy) is 1. The van der Waals surface area contributed by atoms with Crippen LogP contribution in [0.25, 0.3) is 0 Å². The summed E-state index contributed by atoms with van der Waals surface area (Å²) in [5.41, 5.74) is 0. The van der Waals surface area contributed by atoms with Gasteiger partial charge in [0.25, 0.3) is 0 Å². The summed E-state index contributed by atoms with van der Waals surface area (Å²) in [5, 5.41) is 0. The summed E-state index contributed by atoms with van der Waals surface area (Å²) in [5.74, 6) is 0.433. The van der Waals surface area contributed by atoms with E-state index >= 15 is 0 Å². The second kappa shape index (κ2) is 5.29. The van der Waals surface area contributed by atoms with E-state index in [4.69, 9.17) is 4.74 Å². The number of Topliss-reactive ketones (excluding diaryl/α,β-unsaturated/α-hetero) is 1. The molecule has 0 heterocycles. The van der Waals surface area contributed by atoms with Crippen molar-refractivity contribution in [1.29, 1.82) is 0 Å². The molecule has 0 aliphatic heterocycles. The van der Waals surface area contributed by atoms with Crippen molar-refractivity contribution in [2.24, 2.45) is 11.8 Å². The van der Waals surface area contributed by atoms with Crippen molar-refractivity contribution in [3.8, 4) is 0 Å². The van der Waals surface area contributed by atoms with Crippen molar-refractivity contribution in [3.05, 3.63) is 0 Å². The van der Waals surface area contributed by atoms with Crippen LogP contribution in [0.15, 0.2) is 0 Å². The summed E-state index contributed by atoms with van der Waals surface area (Å²) in [4.78, 5) is 22.6. The topological polar surface area (TPSA) is 43.4 Å². The summed E-state index contributed by atoms with van der Waals surface area (Å²) in [6.45, 7) is 5.51. The van der Waals surface area contributed by atoms with Gasteiger partial charge in [0.05, 0.1) is 5.92 Å². The van der Waals surface area contributed by atoms with Crippen molar-refractivity contribution < 1.29 is 14.3 Å². The third-order valence-corrected chi connectivity index (χ3v) is 3.15. The van der Waals surface area contributed by atoms with E-state index in [9.17, 15) is 9.59 Å². The van der Waals surface area contributed by atoms with Gasteiger partial charge in [-0.25, -0.2) is 0 Å². The summed E-state index contributed by atoms with van der Waals surface area (Å²) in [6, 6.07) is 0. The summed E-state index contributed by atoms with van der Waals surface area (Å²) in [6.07, 6.45) is 2.95. The predicted octanol–water partition coefficient (Wildman–Crippen LogP) is 2.33. The summed E-state index contributed by atoms with van der Waals surface area (Å²) < 4.78 is 5.33. The Morgan fingerprint density at radius 2 is 2.00 bits per heavy atom. The highest BCUT2D eigenvalue weighted by Gasteiger charge is 2.33. The highest BCUT2D eigenvalue weighted by Crippen LogP contribution is 2.31. The molecule has 0 unspecified atom stereocenters. The van der Waals surface area contributed by atoms with Crippen LogP contribution in [0.5, 0.6) is 0 Å². The molecule has 0 aromatic rings. The Morgan fingerprint density at radius 1 is 1.33 bits per heavy atom. The van der Waals surface area contributed by atoms with E-state index < -0.39 is 0 Å². The van der Waals surface area contributed by atoms with Crippen molar-refractivity contribution in [3.63, 3.8) is 0 Å². The molecule has 0 spiro atoms. The maximum absolute atomic E-state index is 11.4. The van der Waals surface area contributed by atoms with Crippen LogP contribution >= 0.6 is 0 Å². The van der Waals surface area contributed by atoms with E-state index in [1.807, 2.05) is 0 Å². The van der Waals surface area contributed by atoms with Crippen LogP contribution in [0.3, 0.4) is 0 Å². The predicted molar refractivity (Wildman–Crippen MR) is 57.4 cm³/mol. The van der Waals surface area contributed by atoms with Crippen LogP contribution in [-0.2, 0) is 14.3 Å². The third-order valence-electron chi connectivity index (χ3n) is 3.15. The van der Waals surface area contributed by atoms with Crippen LogP contribution < -0.4 is 0 Å². The first-order chi connectivity index (χ1) is 7.04. The summed E-state index contributed by atoms with van der Waals surface area (Å²) in [7, 11) is 0. The molecule has 3 nitrogen and oxygen atoms in total. The lowest BCUT2D eigenvalue weighted by Crippen LogP contribution is -2.36. The first-order valence-corrected chi connectivity index (χ1v) is 5.74. The molecule has 0 radical (unpaired) electrons. The van der Waals surface area contributed by atoms with Gasteiger partial charge in [-0.3, -0.25) is 9.59 Å². The van der Waals surface area contributed by atoms with E-state index in [1.165, 1.54) is 0 Å². The van der Waals surface area contributed by atoms with Gasteiger partial charge in [-0.15, -0.1) is 0 Å². The van der Waals surface area contributed by atoms with Gasteiger partial charge >= 0.3 is 5.97 Å². The van der Waals surface area contributed by atoms with Gasteiger partial charge in [0.2, 0.25) is 0 Å². The molecule has 15 heavy (non-hydrogen) atoms. The third kappa shape index (κ3) is 3.33. The molecule has 0 aromatic heterocycles. The minimum Gasteiger partial charge on any atom is -0.462 e. The van der Waals surface area contributed by atoms with E-state index in [2.05, 4.69) is 6.92 Å². The fourth-order valence-corrected chi connectivity index (χ4v) is 2.18. The highest BCUT2D eigenvalue weighted by atomic mass is 16.5. The van der Waals surface area contributed by atoms with Crippen LogP contribution in [0.1, 0.15) is 46.5 Å². The minimum atomic E-state index is -0.194. The Morgan fingerprint density at radius 3 is 2.53 bits per heavy atom. The number of hydrogen-bond acceptors (Lipinski definition) is 3. The first kappa shape index (κ1) is 12.2. The molecule has 1 fully saturated rings. The zero-order valence-electron chi connectivity index (χ0n) is 9.79. The van der Waals surface area contributed by atoms with Crippen molar-refractivity contribution in [1.82, 2.24) is 0 Å². The molecular formula is C12H20O3. The van der Waals surface area contributed by atoms with Gasteiger partial charge in [0, 0.05) is 6.42 Å². The van der Waals surface area contributed by atoms with Crippen molar-refractivity contribution >= 4 is 11.8 Å². The van der Waals surface area contributed by atoms with E-state index in [1.54, 1.807) is 13.8 Å². The Bertz CT molecular complexity index is 247. The van der Waals surface area contributed by atoms with Gasteiger partial charge in [-0.2, -0.15) is 0 Å². The smallest absolute Gasteiger partial charge is 0.305 e. The van der Waals surface area contributed by atoms with Crippen LogP contribution in [0, 0.1) is 11.8 Å². The monoisotopic (exact) mass is 212 g/mol. The zero-order valence-corrected chi connectivity index (χ0v) is 9.79. The average molecular weight is 212 g/mol. The molecular weight excluding hydrogens is 192 g/mol. The largest absolute Gasteiger partial charge is 0.462 e. The quantitative estimate of drug-likeness (QED) is 0.674. The van der Waals surface area contributed by atoms with Crippen LogP contribution in [0.2, 0.25) is 0 Å². The van der Waals surface area contributed by atoms with Gasteiger partial charge in [0.1, 0.15) is 11.9 Å². The lowest BCUT2D eigenvalue weighted by molar-refractivity contribution is -0.156. The van der Waals surface area contributed by atoms with E-state index in [0.717, 1.165) is 19.3 Å². The molecule has 1 saturated carbocycles. The molecule has 1 aliphatic carbocycles. The molecule has 3 atom stereocenters. The SMILES string of the molecule is CCC(=O)O[C@@H]1C[C@H](C)CC[C@H]1C(C)=O. The molecule has 0 bridgehead atoms. The van der Waals surface area contributed by atoms with Gasteiger partial charge in [-0.05, 0) is 32.1 Å². The molecule has 86 valence electrons. The second-order valence-corrected chi connectivity index (χ2v) is 4.52. The fraction of sp³-hybridized carbons (Fsp3) is 0.833. The average Bonchev–Trinajstić information content (AvgIpc) is 2.17. The Balaban J connectivity index is 2.61. The van der Waals surface area contributed by atoms with E-state index in [-0.39, 0.29) is 23.8 Å². The highest BCUT2D eigenvalue weighted by molar-refractivity contribution is 5.79. The maximum Gasteiger partial charge on any atom is 0.305 e. The number of carbonyl (C=O) groups is 2. The molecule has 1 aliphatic rings. The lowest BCUT2D eigenvalue weighted by atomic mass is 9.79. The maximum atomic E-state index is 11.4. The lowest BCUT2D eigenvalue weighted by Gasteiger charge is -2.32. The molecule has 0 N–H and O–H groups in total. The Hall–Kier alpha value is -0.860. The first-order valence-electron chi connectivity index (χ1n) is 5.74. The molecule has 0 amide bonds. The molecule has 1 rings (SSSR count). The Kier molecular flexibility index (Phi) is 4.30. The van der Waals surface area contributed by atoms with Crippen LogP contribution in [-0.4, -0.2) is 17.9 Å². The van der Waals surface area contributed by atoms with Crippen molar-refractivity contribution in [2.45, 2.75) is 52.6 Å². The normalized spacial score (nSPS) is 31.0. The summed E-state index contributed by atoms with van der Waals surface area (Å²) >= 11 is 0. The van der Waals surface area contributed by atoms with Crippen molar-refractivity contribution in [2.75, 3.05) is 0 Å². The Labute approximate surface area is 91.2 Å². The van der Waals surface area contributed by atoms with Gasteiger partial charge < -0.3 is 4.74 Å². The minimum absolute atomic E-state index is 0.0725. The van der Waals surface area contributed by atoms with Gasteiger partial charge in [-0.1, -0.05) is 13.8 Å². The molecule has 0 saturated heterocycles. The number of esters is 1. The second-order valence-electron chi connectivity index (χ2n) is 4.52. The molecule has 0 aromatic carbocycles. The number of carbonyl (C=O) groups excluding carboxylic acids is 2.